The van der Waals surface area contributed by atoms with Gasteiger partial charge >= 0.3 is 6.09 Å². The molecule has 15 heavy (non-hydrogen) atoms. The first-order chi connectivity index (χ1) is 6.90. The predicted molar refractivity (Wildman–Crippen MR) is 55.3 cm³/mol. The lowest BCUT2D eigenvalue weighted by Gasteiger charge is -2.17. The summed E-state index contributed by atoms with van der Waals surface area (Å²) in [7, 11) is 3.73. The third kappa shape index (κ3) is 2.40. The van der Waals surface area contributed by atoms with Gasteiger partial charge in [-0.05, 0) is 25.2 Å². The van der Waals surface area contributed by atoms with Crippen molar-refractivity contribution in [2.24, 2.45) is 17.1 Å². The summed E-state index contributed by atoms with van der Waals surface area (Å²) in [6.45, 7) is 0. The van der Waals surface area contributed by atoms with Crippen molar-refractivity contribution in [3.8, 4) is 0 Å². The lowest BCUT2D eigenvalue weighted by molar-refractivity contribution is -0.134. The minimum absolute atomic E-state index is 0.128. The summed E-state index contributed by atoms with van der Waals surface area (Å²) in [6.07, 6.45) is 3.54. The van der Waals surface area contributed by atoms with Crippen LogP contribution in [0.4, 0.5) is 4.79 Å². The van der Waals surface area contributed by atoms with Crippen LogP contribution >= 0.6 is 0 Å². The molecule has 0 saturated heterocycles. The van der Waals surface area contributed by atoms with Crippen molar-refractivity contribution in [1.29, 1.82) is 0 Å². The van der Waals surface area contributed by atoms with Gasteiger partial charge in [0, 0.05) is 14.1 Å². The average Bonchev–Trinajstić information content (AvgIpc) is 2.67. The zero-order chi connectivity index (χ0) is 11.6. The van der Waals surface area contributed by atoms with Crippen LogP contribution in [-0.2, 0) is 4.79 Å². The Morgan fingerprint density at radius 2 is 2.00 bits per heavy atom. The summed E-state index contributed by atoms with van der Waals surface area (Å²) >= 11 is 0. The molecule has 2 unspecified atom stereocenters. The van der Waals surface area contributed by atoms with E-state index in [2.05, 4.69) is 5.73 Å². The maximum Gasteiger partial charge on any atom is 0.402 e. The molecule has 0 heterocycles. The topological polar surface area (TPSA) is 83.6 Å². The molecule has 0 bridgehead atoms. The average molecular weight is 214 g/mol. The van der Waals surface area contributed by atoms with E-state index in [0.717, 1.165) is 12.3 Å². The summed E-state index contributed by atoms with van der Waals surface area (Å²) in [6, 6.07) is 0. The highest BCUT2D eigenvalue weighted by atomic mass is 16.4. The van der Waals surface area contributed by atoms with E-state index in [4.69, 9.17) is 9.90 Å². The molecule has 5 nitrogen and oxygen atoms in total. The monoisotopic (exact) mass is 214 g/mol. The predicted octanol–water partition coefficient (Wildman–Crippen LogP) is 0.888. The van der Waals surface area contributed by atoms with Gasteiger partial charge in [0.25, 0.3) is 0 Å². The fourth-order valence-corrected chi connectivity index (χ4v) is 2.54. The number of carbonyl (C=O) groups excluding carboxylic acids is 1. The Bertz CT molecular complexity index is 274. The fraction of sp³-hybridized carbons (Fsp3) is 0.800. The smallest absolute Gasteiger partial charge is 0.402 e. The van der Waals surface area contributed by atoms with Crippen LogP contribution in [0.15, 0.2) is 0 Å². The summed E-state index contributed by atoms with van der Waals surface area (Å²) in [4.78, 5) is 22.2. The van der Waals surface area contributed by atoms with E-state index in [-0.39, 0.29) is 5.41 Å². The first-order valence-electron chi connectivity index (χ1n) is 5.10. The highest BCUT2D eigenvalue weighted by Crippen LogP contribution is 2.64. The van der Waals surface area contributed by atoms with Crippen LogP contribution in [-0.4, -0.2) is 36.1 Å². The van der Waals surface area contributed by atoms with E-state index in [0.29, 0.717) is 5.91 Å². The van der Waals surface area contributed by atoms with Crippen LogP contribution in [0.25, 0.3) is 0 Å². The Morgan fingerprint density at radius 3 is 2.27 bits per heavy atom. The maximum absolute atomic E-state index is 11.6. The molecule has 2 rings (SSSR count). The molecule has 0 spiro atoms. The zero-order valence-corrected chi connectivity index (χ0v) is 9.19. The second kappa shape index (κ2) is 4.08. The number of fused-ring (bicyclic) bond motifs is 1. The number of primary amides is 1. The Kier molecular flexibility index (Phi) is 3.21. The van der Waals surface area contributed by atoms with Crippen LogP contribution in [0.1, 0.15) is 25.7 Å². The normalized spacial score (nSPS) is 30.9. The molecular formula is C10H18N2O3. The number of nitrogens with two attached hydrogens (primary N) is 1. The van der Waals surface area contributed by atoms with Crippen LogP contribution in [0.2, 0.25) is 0 Å². The van der Waals surface area contributed by atoms with Gasteiger partial charge in [0.15, 0.2) is 0 Å². The van der Waals surface area contributed by atoms with Gasteiger partial charge in [-0.1, -0.05) is 6.42 Å². The lowest BCUT2D eigenvalue weighted by Crippen LogP contribution is -2.30. The van der Waals surface area contributed by atoms with E-state index >= 15 is 0 Å². The molecule has 5 heteroatoms. The Morgan fingerprint density at radius 1 is 1.47 bits per heavy atom. The molecule has 3 N–H and O–H groups in total. The quantitative estimate of drug-likeness (QED) is 0.679. The maximum atomic E-state index is 11.6. The van der Waals surface area contributed by atoms with E-state index < -0.39 is 6.09 Å². The van der Waals surface area contributed by atoms with Crippen LogP contribution < -0.4 is 5.73 Å². The van der Waals surface area contributed by atoms with E-state index in [1.165, 1.54) is 19.3 Å². The van der Waals surface area contributed by atoms with Gasteiger partial charge in [0.2, 0.25) is 5.91 Å². The largest absolute Gasteiger partial charge is 0.465 e. The van der Waals surface area contributed by atoms with Crippen LogP contribution in [0.3, 0.4) is 0 Å². The van der Waals surface area contributed by atoms with E-state index in [1.54, 1.807) is 4.90 Å². The third-order valence-corrected chi connectivity index (χ3v) is 3.24. The Labute approximate surface area is 89.2 Å². The number of hydrogen-bond acceptors (Lipinski definition) is 2. The molecule has 0 aromatic rings. The second-order valence-electron chi connectivity index (χ2n) is 4.49. The fourth-order valence-electron chi connectivity index (χ4n) is 2.54. The molecule has 0 aromatic heterocycles. The molecule has 2 atom stereocenters. The van der Waals surface area contributed by atoms with Crippen molar-refractivity contribution < 1.29 is 14.7 Å². The van der Waals surface area contributed by atoms with Crippen molar-refractivity contribution in [2.45, 2.75) is 25.7 Å². The molecule has 86 valence electrons. The van der Waals surface area contributed by atoms with Gasteiger partial charge in [0.1, 0.15) is 0 Å². The number of amides is 2. The van der Waals surface area contributed by atoms with E-state index in [9.17, 15) is 4.79 Å². The standard InChI is InChI=1S/C9H15NO.CH3NO2/c1-10(2)8(11)9-5-3-4-7(9)6-9;2-1(3)4/h7H,3-6H2,1-2H3;2H2,(H,3,4). The molecule has 0 aromatic carbocycles. The van der Waals surface area contributed by atoms with Crippen molar-refractivity contribution in [3.05, 3.63) is 0 Å². The van der Waals surface area contributed by atoms with Crippen molar-refractivity contribution in [3.63, 3.8) is 0 Å². The molecule has 2 amide bonds. The number of nitrogens with zero attached hydrogens (tertiary/aromatic N) is 1. The van der Waals surface area contributed by atoms with Crippen molar-refractivity contribution >= 4 is 12.0 Å². The minimum Gasteiger partial charge on any atom is -0.465 e. The molecule has 2 saturated carbocycles. The van der Waals surface area contributed by atoms with Gasteiger partial charge in [0.05, 0.1) is 5.41 Å². The first kappa shape index (κ1) is 11.8. The summed E-state index contributed by atoms with van der Waals surface area (Å²) in [5.41, 5.74) is 4.16. The molecule has 0 aliphatic heterocycles. The Hall–Kier alpha value is -1.26. The van der Waals surface area contributed by atoms with Crippen LogP contribution in [0, 0.1) is 11.3 Å². The molecular weight excluding hydrogens is 196 g/mol. The third-order valence-electron chi connectivity index (χ3n) is 3.24. The van der Waals surface area contributed by atoms with Gasteiger partial charge in [-0.15, -0.1) is 0 Å². The second-order valence-corrected chi connectivity index (χ2v) is 4.49. The lowest BCUT2D eigenvalue weighted by atomic mass is 10.0. The van der Waals surface area contributed by atoms with Crippen molar-refractivity contribution in [2.75, 3.05) is 14.1 Å². The summed E-state index contributed by atoms with van der Waals surface area (Å²) in [5, 5.41) is 7.19. The molecule has 2 aliphatic carbocycles. The number of rotatable bonds is 1. The molecule has 2 fully saturated rings. The number of carbonyl (C=O) groups is 2. The van der Waals surface area contributed by atoms with Gasteiger partial charge in [-0.2, -0.15) is 0 Å². The zero-order valence-electron chi connectivity index (χ0n) is 9.19. The first-order valence-corrected chi connectivity index (χ1v) is 5.10. The SMILES string of the molecule is CN(C)C(=O)C12CCCC1C2.NC(=O)O. The summed E-state index contributed by atoms with van der Waals surface area (Å²) in [5.74, 6) is 1.12. The highest BCUT2D eigenvalue weighted by molar-refractivity contribution is 5.86. The number of carboxylic acid groups (broad SMARTS) is 1. The van der Waals surface area contributed by atoms with Gasteiger partial charge in [-0.3, -0.25) is 4.79 Å². The highest BCUT2D eigenvalue weighted by Gasteiger charge is 2.62. The van der Waals surface area contributed by atoms with Crippen molar-refractivity contribution in [1.82, 2.24) is 4.90 Å². The minimum atomic E-state index is -1.33. The molecule has 2 aliphatic rings. The van der Waals surface area contributed by atoms with E-state index in [1.807, 2.05) is 14.1 Å². The van der Waals surface area contributed by atoms with Gasteiger partial charge < -0.3 is 15.7 Å². The van der Waals surface area contributed by atoms with Gasteiger partial charge in [-0.25, -0.2) is 4.79 Å². The Balaban J connectivity index is 0.000000245. The number of hydrogen-bond donors (Lipinski definition) is 2. The summed E-state index contributed by atoms with van der Waals surface area (Å²) < 4.78 is 0. The molecule has 0 radical (unpaired) electrons. The van der Waals surface area contributed by atoms with Crippen LogP contribution in [0.5, 0.6) is 0 Å².